The van der Waals surface area contributed by atoms with E-state index in [2.05, 4.69) is 0 Å². The lowest BCUT2D eigenvalue weighted by Crippen LogP contribution is -2.03. The van der Waals surface area contributed by atoms with Crippen molar-refractivity contribution in [3.63, 3.8) is 0 Å². The van der Waals surface area contributed by atoms with Crippen LogP contribution in [0.5, 0.6) is 23.0 Å². The van der Waals surface area contributed by atoms with Gasteiger partial charge in [-0.3, -0.25) is 0 Å². The van der Waals surface area contributed by atoms with E-state index in [1.54, 1.807) is 24.3 Å². The van der Waals surface area contributed by atoms with Crippen molar-refractivity contribution in [2.45, 2.75) is 0 Å². The molecule has 2 aromatic carbocycles. The van der Waals surface area contributed by atoms with Gasteiger partial charge in [0, 0.05) is 0 Å². The lowest BCUT2D eigenvalue weighted by atomic mass is 10.0. The minimum atomic E-state index is -0.750. The zero-order valence-corrected chi connectivity index (χ0v) is 11.5. The van der Waals surface area contributed by atoms with E-state index >= 15 is 0 Å². The molecular weight excluding hydrogens is 288 g/mol. The number of hydrogen-bond acceptors (Lipinski definition) is 6. The molecule has 3 N–H and O–H groups in total. The monoisotopic (exact) mass is 300 g/mol. The van der Waals surface area contributed by atoms with Crippen LogP contribution in [0.25, 0.3) is 22.1 Å². The summed E-state index contributed by atoms with van der Waals surface area (Å²) in [5.41, 5.74) is -0.469. The summed E-state index contributed by atoms with van der Waals surface area (Å²) in [7, 11) is 1.51. The molecule has 3 aromatic rings. The quantitative estimate of drug-likeness (QED) is 0.497. The Kier molecular flexibility index (Phi) is 3.14. The van der Waals surface area contributed by atoms with Gasteiger partial charge in [-0.25, -0.2) is 4.79 Å². The van der Waals surface area contributed by atoms with Crippen LogP contribution in [0.4, 0.5) is 0 Å². The summed E-state index contributed by atoms with van der Waals surface area (Å²) >= 11 is 0. The van der Waals surface area contributed by atoms with Crippen molar-refractivity contribution in [1.29, 1.82) is 0 Å². The first kappa shape index (κ1) is 13.8. The number of fused-ring (bicyclic) bond motifs is 1. The molecule has 0 bridgehead atoms. The molecule has 0 unspecified atom stereocenters. The highest BCUT2D eigenvalue weighted by atomic mass is 16.5. The predicted octanol–water partition coefficient (Wildman–Crippen LogP) is 2.59. The van der Waals surface area contributed by atoms with Gasteiger partial charge < -0.3 is 24.5 Å². The Morgan fingerprint density at radius 1 is 0.955 bits per heavy atom. The van der Waals surface area contributed by atoms with Gasteiger partial charge >= 0.3 is 5.63 Å². The van der Waals surface area contributed by atoms with Crippen LogP contribution in [0.1, 0.15) is 0 Å². The molecule has 112 valence electrons. The van der Waals surface area contributed by atoms with Crippen molar-refractivity contribution < 1.29 is 24.5 Å². The number of phenolic OH excluding ortho intramolecular Hbond substituents is 2. The second-order valence-electron chi connectivity index (χ2n) is 4.65. The molecule has 1 aromatic heterocycles. The minimum absolute atomic E-state index is 0.0185. The van der Waals surface area contributed by atoms with E-state index in [0.29, 0.717) is 11.3 Å². The number of hydrogen-bond donors (Lipinski definition) is 3. The van der Waals surface area contributed by atoms with Crippen LogP contribution in [0.2, 0.25) is 0 Å². The topological polar surface area (TPSA) is 100 Å². The molecule has 0 fully saturated rings. The minimum Gasteiger partial charge on any atom is -0.506 e. The number of benzene rings is 2. The first-order chi connectivity index (χ1) is 10.5. The largest absolute Gasteiger partial charge is 0.506 e. The van der Waals surface area contributed by atoms with Gasteiger partial charge in [0.1, 0.15) is 28.0 Å². The lowest BCUT2D eigenvalue weighted by molar-refractivity contribution is 0.403. The van der Waals surface area contributed by atoms with Crippen LogP contribution in [0.3, 0.4) is 0 Å². The fourth-order valence-electron chi connectivity index (χ4n) is 2.26. The van der Waals surface area contributed by atoms with E-state index < -0.39 is 22.9 Å². The molecule has 0 saturated heterocycles. The normalized spacial score (nSPS) is 10.8. The van der Waals surface area contributed by atoms with Crippen LogP contribution in [-0.4, -0.2) is 22.4 Å². The molecule has 0 amide bonds. The van der Waals surface area contributed by atoms with Gasteiger partial charge in [0.25, 0.3) is 0 Å². The summed E-state index contributed by atoms with van der Waals surface area (Å²) in [4.78, 5) is 12.1. The molecule has 0 atom stereocenters. The van der Waals surface area contributed by atoms with E-state index in [1.807, 2.05) is 0 Å². The molecule has 0 aliphatic rings. The van der Waals surface area contributed by atoms with Crippen LogP contribution in [0, 0.1) is 0 Å². The molecule has 0 aliphatic heterocycles. The van der Waals surface area contributed by atoms with E-state index in [0.717, 1.165) is 0 Å². The van der Waals surface area contributed by atoms with E-state index in [4.69, 9.17) is 9.15 Å². The second kappa shape index (κ2) is 5.00. The summed E-state index contributed by atoms with van der Waals surface area (Å²) in [5, 5.41) is 29.7. The van der Waals surface area contributed by atoms with Crippen molar-refractivity contribution in [1.82, 2.24) is 0 Å². The average molecular weight is 300 g/mol. The van der Waals surface area contributed by atoms with E-state index in [-0.39, 0.29) is 16.5 Å². The third kappa shape index (κ3) is 2.01. The maximum atomic E-state index is 12.1. The van der Waals surface area contributed by atoms with Crippen molar-refractivity contribution >= 4 is 11.0 Å². The van der Waals surface area contributed by atoms with Crippen molar-refractivity contribution in [2.24, 2.45) is 0 Å². The highest BCUT2D eigenvalue weighted by molar-refractivity contribution is 5.96. The molecule has 6 heteroatoms. The number of ether oxygens (including phenoxy) is 1. The summed E-state index contributed by atoms with van der Waals surface area (Å²) in [6.07, 6.45) is 0. The Morgan fingerprint density at radius 3 is 2.27 bits per heavy atom. The zero-order valence-electron chi connectivity index (χ0n) is 11.5. The van der Waals surface area contributed by atoms with Gasteiger partial charge in [-0.05, 0) is 29.8 Å². The van der Waals surface area contributed by atoms with Gasteiger partial charge in [0.05, 0.1) is 7.11 Å². The molecule has 0 saturated carbocycles. The molecule has 0 aliphatic carbocycles. The van der Waals surface area contributed by atoms with Crippen molar-refractivity contribution in [3.05, 3.63) is 46.8 Å². The third-order valence-electron chi connectivity index (χ3n) is 3.38. The summed E-state index contributed by atoms with van der Waals surface area (Å²) in [5.74, 6) is -0.829. The smallest absolute Gasteiger partial charge is 0.347 e. The Hall–Kier alpha value is -3.15. The molecular formula is C16H12O6. The Bertz CT molecular complexity index is 909. The van der Waals surface area contributed by atoms with Crippen LogP contribution in [-0.2, 0) is 0 Å². The molecule has 6 nitrogen and oxygen atoms in total. The summed E-state index contributed by atoms with van der Waals surface area (Å²) in [6, 6.07) is 8.88. The zero-order chi connectivity index (χ0) is 15.9. The molecule has 1 heterocycles. The number of rotatable bonds is 2. The highest BCUT2D eigenvalue weighted by Crippen LogP contribution is 2.42. The second-order valence-corrected chi connectivity index (χ2v) is 4.65. The Balaban J connectivity index is 2.33. The highest BCUT2D eigenvalue weighted by Gasteiger charge is 2.20. The SMILES string of the molecule is COc1ccc(-c2c(O)c3c(O)c(O)ccc3oc2=O)cc1. The predicted molar refractivity (Wildman–Crippen MR) is 79.5 cm³/mol. The molecule has 3 rings (SSSR count). The summed E-state index contributed by atoms with van der Waals surface area (Å²) < 4.78 is 10.1. The fraction of sp³-hybridized carbons (Fsp3) is 0.0625. The van der Waals surface area contributed by atoms with Crippen LogP contribution in [0.15, 0.2) is 45.6 Å². The van der Waals surface area contributed by atoms with Crippen LogP contribution < -0.4 is 10.4 Å². The first-order valence-electron chi connectivity index (χ1n) is 6.38. The van der Waals surface area contributed by atoms with E-state index in [9.17, 15) is 20.1 Å². The van der Waals surface area contributed by atoms with E-state index in [1.165, 1.54) is 19.2 Å². The maximum absolute atomic E-state index is 12.1. The van der Waals surface area contributed by atoms with Gasteiger partial charge in [-0.1, -0.05) is 12.1 Å². The van der Waals surface area contributed by atoms with Gasteiger partial charge in [0.15, 0.2) is 11.5 Å². The maximum Gasteiger partial charge on any atom is 0.347 e. The van der Waals surface area contributed by atoms with Crippen molar-refractivity contribution in [3.8, 4) is 34.1 Å². The first-order valence-corrected chi connectivity index (χ1v) is 6.38. The lowest BCUT2D eigenvalue weighted by Gasteiger charge is -2.09. The number of phenols is 2. The molecule has 22 heavy (non-hydrogen) atoms. The Labute approximate surface area is 124 Å². The molecule has 0 spiro atoms. The fourth-order valence-corrected chi connectivity index (χ4v) is 2.26. The number of methoxy groups -OCH3 is 1. The average Bonchev–Trinajstić information content (AvgIpc) is 2.51. The van der Waals surface area contributed by atoms with Crippen molar-refractivity contribution in [2.75, 3.05) is 7.11 Å². The van der Waals surface area contributed by atoms with Gasteiger partial charge in [-0.15, -0.1) is 0 Å². The molecule has 0 radical (unpaired) electrons. The Morgan fingerprint density at radius 2 is 1.64 bits per heavy atom. The third-order valence-corrected chi connectivity index (χ3v) is 3.38. The summed E-state index contributed by atoms with van der Waals surface area (Å²) in [6.45, 7) is 0. The van der Waals surface area contributed by atoms with Gasteiger partial charge in [0.2, 0.25) is 0 Å². The number of aromatic hydroxyl groups is 3. The standard InChI is InChI=1S/C16H12O6/c1-21-9-4-2-8(3-5-9)12-15(19)13-11(22-16(12)20)7-6-10(17)14(13)18/h2-7,17-19H,1H3. The van der Waals surface area contributed by atoms with Crippen LogP contribution >= 0.6 is 0 Å². The van der Waals surface area contributed by atoms with Gasteiger partial charge in [-0.2, -0.15) is 0 Å².